The molecule has 0 aromatic heterocycles. The van der Waals surface area contributed by atoms with E-state index in [2.05, 4.69) is 27.6 Å². The molecule has 0 radical (unpaired) electrons. The fraction of sp³-hybridized carbons (Fsp3) is 0.650. The molecule has 0 bridgehead atoms. The second-order valence-electron chi connectivity index (χ2n) is 6.70. The zero-order valence-corrected chi connectivity index (χ0v) is 19.4. The predicted octanol–water partition coefficient (Wildman–Crippen LogP) is 3.96. The molecule has 0 unspecified atom stereocenters. The summed E-state index contributed by atoms with van der Waals surface area (Å²) in [6, 6.07) is 6.53. The van der Waals surface area contributed by atoms with Crippen LogP contribution in [0.25, 0.3) is 0 Å². The van der Waals surface area contributed by atoms with E-state index in [1.165, 1.54) is 32.1 Å². The summed E-state index contributed by atoms with van der Waals surface area (Å²) in [5.74, 6) is 2.22. The third-order valence-corrected chi connectivity index (χ3v) is 4.90. The van der Waals surface area contributed by atoms with E-state index >= 15 is 0 Å². The summed E-state index contributed by atoms with van der Waals surface area (Å²) in [6.45, 7) is 4.43. The number of nitrogens with zero attached hydrogens (tertiary/aromatic N) is 2. The fourth-order valence-corrected chi connectivity index (χ4v) is 3.39. The van der Waals surface area contributed by atoms with Crippen LogP contribution in [0.3, 0.4) is 0 Å². The molecule has 2 N–H and O–H groups in total. The van der Waals surface area contributed by atoms with E-state index in [4.69, 9.17) is 9.47 Å². The number of rotatable bonds is 8. The molecule has 0 heterocycles. The minimum absolute atomic E-state index is 0. The molecule has 1 aromatic carbocycles. The second-order valence-corrected chi connectivity index (χ2v) is 6.70. The molecule has 0 amide bonds. The standard InChI is InChI=1S/C20H34N4O2.HI/c1-5-26-19-15-16(11-12-18(19)25-4)23-20(21-2)22-13-14-24(3)17-9-7-6-8-10-17;/h11-12,15,17H,5-10,13-14H2,1-4H3,(H2,21,22,23);1H. The van der Waals surface area contributed by atoms with Crippen LogP contribution in [0.15, 0.2) is 23.2 Å². The quantitative estimate of drug-likeness (QED) is 0.328. The maximum atomic E-state index is 5.63. The van der Waals surface area contributed by atoms with Crippen molar-refractivity contribution in [2.24, 2.45) is 4.99 Å². The number of aliphatic imine (C=N–C) groups is 1. The maximum absolute atomic E-state index is 5.63. The smallest absolute Gasteiger partial charge is 0.195 e. The Hall–Kier alpha value is -1.22. The van der Waals surface area contributed by atoms with Gasteiger partial charge in [0.25, 0.3) is 0 Å². The Morgan fingerprint density at radius 2 is 1.96 bits per heavy atom. The highest BCUT2D eigenvalue weighted by atomic mass is 127. The van der Waals surface area contributed by atoms with E-state index in [1.807, 2.05) is 25.1 Å². The first kappa shape index (κ1) is 23.8. The van der Waals surface area contributed by atoms with Crippen LogP contribution in [0.1, 0.15) is 39.0 Å². The predicted molar refractivity (Wildman–Crippen MR) is 124 cm³/mol. The third-order valence-electron chi connectivity index (χ3n) is 4.90. The number of halogens is 1. The average Bonchev–Trinajstić information content (AvgIpc) is 2.68. The van der Waals surface area contributed by atoms with Crippen LogP contribution in [0.5, 0.6) is 11.5 Å². The van der Waals surface area contributed by atoms with Crippen molar-refractivity contribution in [1.29, 1.82) is 0 Å². The van der Waals surface area contributed by atoms with Gasteiger partial charge < -0.3 is 25.0 Å². The zero-order chi connectivity index (χ0) is 18.8. The van der Waals surface area contributed by atoms with E-state index in [9.17, 15) is 0 Å². The monoisotopic (exact) mass is 490 g/mol. The summed E-state index contributed by atoms with van der Waals surface area (Å²) in [5, 5.41) is 6.71. The van der Waals surface area contributed by atoms with Crippen LogP contribution in [0, 0.1) is 0 Å². The van der Waals surface area contributed by atoms with Crippen molar-refractivity contribution in [3.05, 3.63) is 18.2 Å². The van der Waals surface area contributed by atoms with E-state index in [-0.39, 0.29) is 24.0 Å². The van der Waals surface area contributed by atoms with Crippen molar-refractivity contribution in [3.8, 4) is 11.5 Å². The van der Waals surface area contributed by atoms with E-state index in [1.54, 1.807) is 14.2 Å². The van der Waals surface area contributed by atoms with Gasteiger partial charge in [0.05, 0.1) is 13.7 Å². The van der Waals surface area contributed by atoms with Gasteiger partial charge in [-0.05, 0) is 38.9 Å². The van der Waals surface area contributed by atoms with Crippen molar-refractivity contribution < 1.29 is 9.47 Å². The van der Waals surface area contributed by atoms with E-state index in [0.717, 1.165) is 42.3 Å². The van der Waals surface area contributed by atoms with Gasteiger partial charge in [0.1, 0.15) is 0 Å². The lowest BCUT2D eigenvalue weighted by Gasteiger charge is -2.31. The highest BCUT2D eigenvalue weighted by molar-refractivity contribution is 14.0. The van der Waals surface area contributed by atoms with Crippen molar-refractivity contribution in [3.63, 3.8) is 0 Å². The summed E-state index contributed by atoms with van der Waals surface area (Å²) in [4.78, 5) is 6.79. The first-order valence-corrected chi connectivity index (χ1v) is 9.66. The zero-order valence-electron chi connectivity index (χ0n) is 17.1. The van der Waals surface area contributed by atoms with Crippen LogP contribution in [0.2, 0.25) is 0 Å². The van der Waals surface area contributed by atoms with Crippen molar-refractivity contribution in [2.75, 3.05) is 46.2 Å². The van der Waals surface area contributed by atoms with Crippen LogP contribution >= 0.6 is 24.0 Å². The van der Waals surface area contributed by atoms with Gasteiger partial charge >= 0.3 is 0 Å². The molecule has 1 aliphatic carbocycles. The van der Waals surface area contributed by atoms with Gasteiger partial charge in [0, 0.05) is 37.9 Å². The SMILES string of the molecule is CCOc1cc(NC(=NC)NCCN(C)C2CCCCC2)ccc1OC.I. The lowest BCUT2D eigenvalue weighted by Crippen LogP contribution is -2.41. The molecular weight excluding hydrogens is 455 g/mol. The molecule has 0 spiro atoms. The lowest BCUT2D eigenvalue weighted by molar-refractivity contribution is 0.194. The first-order valence-electron chi connectivity index (χ1n) is 9.66. The summed E-state index contributed by atoms with van der Waals surface area (Å²) in [7, 11) is 5.66. The molecule has 1 aliphatic rings. The lowest BCUT2D eigenvalue weighted by atomic mass is 9.94. The van der Waals surface area contributed by atoms with Gasteiger partial charge in [-0.15, -0.1) is 24.0 Å². The number of anilines is 1. The highest BCUT2D eigenvalue weighted by Crippen LogP contribution is 2.30. The Labute approximate surface area is 181 Å². The van der Waals surface area contributed by atoms with Crippen molar-refractivity contribution in [1.82, 2.24) is 10.2 Å². The number of methoxy groups -OCH3 is 1. The minimum Gasteiger partial charge on any atom is -0.493 e. The Bertz CT molecular complexity index is 577. The average molecular weight is 490 g/mol. The number of nitrogens with one attached hydrogen (secondary N) is 2. The summed E-state index contributed by atoms with van der Waals surface area (Å²) < 4.78 is 11.0. The van der Waals surface area contributed by atoms with E-state index in [0.29, 0.717) is 6.61 Å². The first-order chi connectivity index (χ1) is 12.7. The number of hydrogen-bond donors (Lipinski definition) is 2. The summed E-state index contributed by atoms with van der Waals surface area (Å²) in [6.07, 6.45) is 6.78. The van der Waals surface area contributed by atoms with Crippen LogP contribution < -0.4 is 20.1 Å². The van der Waals surface area contributed by atoms with Crippen LogP contribution in [0.4, 0.5) is 5.69 Å². The van der Waals surface area contributed by atoms with Gasteiger partial charge in [-0.1, -0.05) is 19.3 Å². The van der Waals surface area contributed by atoms with Gasteiger partial charge in [0.2, 0.25) is 0 Å². The molecule has 0 saturated heterocycles. The normalized spacial score (nSPS) is 15.2. The molecule has 27 heavy (non-hydrogen) atoms. The molecule has 154 valence electrons. The molecule has 0 aliphatic heterocycles. The molecule has 1 aromatic rings. The van der Waals surface area contributed by atoms with Gasteiger partial charge in [0.15, 0.2) is 17.5 Å². The van der Waals surface area contributed by atoms with E-state index < -0.39 is 0 Å². The number of likely N-dealkylation sites (N-methyl/N-ethyl adjacent to an activating group) is 1. The molecule has 0 atom stereocenters. The highest BCUT2D eigenvalue weighted by Gasteiger charge is 2.17. The Morgan fingerprint density at radius 3 is 2.59 bits per heavy atom. The largest absolute Gasteiger partial charge is 0.493 e. The molecular formula is C20H35IN4O2. The molecule has 1 saturated carbocycles. The molecule has 2 rings (SSSR count). The van der Waals surface area contributed by atoms with Gasteiger partial charge in [-0.25, -0.2) is 0 Å². The van der Waals surface area contributed by atoms with Gasteiger partial charge in [-0.3, -0.25) is 4.99 Å². The Kier molecular flexibility index (Phi) is 11.5. The minimum atomic E-state index is 0. The molecule has 6 nitrogen and oxygen atoms in total. The summed E-state index contributed by atoms with van der Waals surface area (Å²) >= 11 is 0. The summed E-state index contributed by atoms with van der Waals surface area (Å²) in [5.41, 5.74) is 0.919. The number of benzene rings is 1. The second kappa shape index (κ2) is 13.0. The van der Waals surface area contributed by atoms with Gasteiger partial charge in [-0.2, -0.15) is 0 Å². The topological polar surface area (TPSA) is 58.1 Å². The number of guanidine groups is 1. The molecule has 7 heteroatoms. The van der Waals surface area contributed by atoms with Crippen molar-refractivity contribution in [2.45, 2.75) is 45.1 Å². The van der Waals surface area contributed by atoms with Crippen LogP contribution in [-0.4, -0.2) is 57.8 Å². The fourth-order valence-electron chi connectivity index (χ4n) is 3.39. The Balaban J connectivity index is 0.00000364. The van der Waals surface area contributed by atoms with Crippen LogP contribution in [-0.2, 0) is 0 Å². The number of hydrogen-bond acceptors (Lipinski definition) is 4. The van der Waals surface area contributed by atoms with Crippen molar-refractivity contribution >= 4 is 35.6 Å². The third kappa shape index (κ3) is 7.73. The maximum Gasteiger partial charge on any atom is 0.195 e. The number of ether oxygens (including phenoxy) is 2. The molecule has 1 fully saturated rings. The Morgan fingerprint density at radius 1 is 1.22 bits per heavy atom.